The molecule has 1 heterocycles. The number of nitrogens with zero attached hydrogens (tertiary/aromatic N) is 2. The Balaban J connectivity index is 2.47. The van der Waals surface area contributed by atoms with Crippen LogP contribution in [0.3, 0.4) is 0 Å². The predicted molar refractivity (Wildman–Crippen MR) is 81.4 cm³/mol. The molecular formula is C13H13ClN2O3S. The van der Waals surface area contributed by atoms with Crippen LogP contribution in [0.15, 0.2) is 22.0 Å². The highest BCUT2D eigenvalue weighted by atomic mass is 35.5. The number of hydrogen-bond acceptors (Lipinski definition) is 5. The zero-order valence-corrected chi connectivity index (χ0v) is 12.7. The summed E-state index contributed by atoms with van der Waals surface area (Å²) in [6, 6.07) is 3.08. The molecule has 2 rings (SSSR count). The van der Waals surface area contributed by atoms with E-state index >= 15 is 0 Å². The molecule has 0 bridgehead atoms. The molecule has 0 aromatic heterocycles. The summed E-state index contributed by atoms with van der Waals surface area (Å²) in [7, 11) is 4.71. The number of benzene rings is 1. The van der Waals surface area contributed by atoms with Crippen molar-refractivity contribution in [3.05, 3.63) is 27.6 Å². The average Bonchev–Trinajstić information content (AvgIpc) is 2.70. The zero-order chi connectivity index (χ0) is 14.9. The summed E-state index contributed by atoms with van der Waals surface area (Å²) < 4.78 is 5.03. The van der Waals surface area contributed by atoms with Crippen LogP contribution in [-0.2, 0) is 4.79 Å². The van der Waals surface area contributed by atoms with Gasteiger partial charge < -0.3 is 9.84 Å². The Morgan fingerprint density at radius 3 is 2.75 bits per heavy atom. The van der Waals surface area contributed by atoms with E-state index in [9.17, 15) is 9.90 Å². The number of carbonyl (C=O) groups excluding carboxylic acids is 1. The number of phenols is 1. The van der Waals surface area contributed by atoms with Crippen molar-refractivity contribution >= 4 is 40.5 Å². The number of thioether (sulfide) groups is 1. The van der Waals surface area contributed by atoms with Crippen molar-refractivity contribution in [2.75, 3.05) is 21.2 Å². The van der Waals surface area contributed by atoms with Crippen LogP contribution in [0.1, 0.15) is 5.56 Å². The molecule has 0 aliphatic carbocycles. The number of methoxy groups -OCH3 is 1. The molecule has 1 saturated heterocycles. The minimum Gasteiger partial charge on any atom is -0.504 e. The SMILES string of the molecule is CN=C1S/C(=C\c2cc(Cl)cc(OC)c2O)C(=O)N1C. The first kappa shape index (κ1) is 14.7. The molecular weight excluding hydrogens is 300 g/mol. The number of aliphatic imine (C=N–C) groups is 1. The lowest BCUT2D eigenvalue weighted by atomic mass is 10.1. The largest absolute Gasteiger partial charge is 0.504 e. The lowest BCUT2D eigenvalue weighted by Crippen LogP contribution is -2.23. The number of amides is 1. The molecule has 1 fully saturated rings. The van der Waals surface area contributed by atoms with Gasteiger partial charge in [0.1, 0.15) is 0 Å². The highest BCUT2D eigenvalue weighted by Gasteiger charge is 2.30. The number of phenolic OH excluding ortho intramolecular Hbond substituents is 1. The number of halogens is 1. The Morgan fingerprint density at radius 2 is 2.20 bits per heavy atom. The van der Waals surface area contributed by atoms with Crippen LogP contribution in [0.5, 0.6) is 11.5 Å². The second kappa shape index (κ2) is 5.76. The van der Waals surface area contributed by atoms with Gasteiger partial charge in [-0.2, -0.15) is 0 Å². The van der Waals surface area contributed by atoms with Crippen LogP contribution in [0.4, 0.5) is 0 Å². The predicted octanol–water partition coefficient (Wildman–Crippen LogP) is 2.59. The van der Waals surface area contributed by atoms with E-state index in [1.165, 1.54) is 29.8 Å². The quantitative estimate of drug-likeness (QED) is 0.853. The first-order valence-corrected chi connectivity index (χ1v) is 6.88. The maximum atomic E-state index is 12.0. The Labute approximate surface area is 125 Å². The number of aromatic hydroxyl groups is 1. The van der Waals surface area contributed by atoms with Gasteiger partial charge in [0.25, 0.3) is 5.91 Å². The topological polar surface area (TPSA) is 62.1 Å². The van der Waals surface area contributed by atoms with E-state index in [0.29, 0.717) is 20.7 Å². The van der Waals surface area contributed by atoms with Gasteiger partial charge >= 0.3 is 0 Å². The first-order chi connectivity index (χ1) is 9.47. The third kappa shape index (κ3) is 2.62. The molecule has 5 nitrogen and oxygen atoms in total. The van der Waals surface area contributed by atoms with E-state index < -0.39 is 0 Å². The zero-order valence-electron chi connectivity index (χ0n) is 11.2. The normalized spacial score (nSPS) is 19.2. The molecule has 1 N–H and O–H groups in total. The van der Waals surface area contributed by atoms with Gasteiger partial charge in [0.05, 0.1) is 12.0 Å². The van der Waals surface area contributed by atoms with Crippen LogP contribution in [0.25, 0.3) is 6.08 Å². The van der Waals surface area contributed by atoms with Crippen LogP contribution < -0.4 is 4.74 Å². The molecule has 0 unspecified atom stereocenters. The van der Waals surface area contributed by atoms with Crippen molar-refractivity contribution in [1.82, 2.24) is 4.90 Å². The molecule has 0 atom stereocenters. The summed E-state index contributed by atoms with van der Waals surface area (Å²) in [4.78, 5) is 18.0. The van der Waals surface area contributed by atoms with E-state index in [2.05, 4.69) is 4.99 Å². The summed E-state index contributed by atoms with van der Waals surface area (Å²) >= 11 is 7.20. The third-order valence-corrected chi connectivity index (χ3v) is 4.14. The summed E-state index contributed by atoms with van der Waals surface area (Å²) in [6.07, 6.45) is 1.57. The van der Waals surface area contributed by atoms with Gasteiger partial charge in [-0.1, -0.05) is 11.6 Å². The molecule has 20 heavy (non-hydrogen) atoms. The molecule has 1 aromatic rings. The summed E-state index contributed by atoms with van der Waals surface area (Å²) in [5.41, 5.74) is 0.427. The fourth-order valence-corrected chi connectivity index (χ4v) is 2.89. The van der Waals surface area contributed by atoms with Crippen molar-refractivity contribution < 1.29 is 14.6 Å². The maximum absolute atomic E-state index is 12.0. The van der Waals surface area contributed by atoms with Gasteiger partial charge in [-0.25, -0.2) is 0 Å². The Bertz CT molecular complexity index is 628. The Morgan fingerprint density at radius 1 is 1.50 bits per heavy atom. The molecule has 0 radical (unpaired) electrons. The van der Waals surface area contributed by atoms with Crippen LogP contribution >= 0.6 is 23.4 Å². The summed E-state index contributed by atoms with van der Waals surface area (Å²) in [6.45, 7) is 0. The van der Waals surface area contributed by atoms with Crippen LogP contribution in [0, 0.1) is 0 Å². The lowest BCUT2D eigenvalue weighted by Gasteiger charge is -2.07. The van der Waals surface area contributed by atoms with Crippen molar-refractivity contribution in [2.45, 2.75) is 0 Å². The lowest BCUT2D eigenvalue weighted by molar-refractivity contribution is -0.121. The van der Waals surface area contributed by atoms with Crippen molar-refractivity contribution in [3.8, 4) is 11.5 Å². The maximum Gasteiger partial charge on any atom is 0.266 e. The van der Waals surface area contributed by atoms with E-state index in [0.717, 1.165) is 0 Å². The van der Waals surface area contributed by atoms with Crippen molar-refractivity contribution in [1.29, 1.82) is 0 Å². The van der Waals surface area contributed by atoms with Gasteiger partial charge in [0.15, 0.2) is 16.7 Å². The van der Waals surface area contributed by atoms with Gasteiger partial charge in [-0.15, -0.1) is 0 Å². The van der Waals surface area contributed by atoms with Gasteiger partial charge in [-0.05, 0) is 23.9 Å². The van der Waals surface area contributed by atoms with E-state index in [1.54, 1.807) is 26.2 Å². The van der Waals surface area contributed by atoms with Crippen LogP contribution in [-0.4, -0.2) is 42.3 Å². The summed E-state index contributed by atoms with van der Waals surface area (Å²) in [5.74, 6) is 0.0359. The molecule has 0 saturated carbocycles. The number of ether oxygens (including phenoxy) is 1. The fourth-order valence-electron chi connectivity index (χ4n) is 1.75. The first-order valence-electron chi connectivity index (χ1n) is 5.68. The second-order valence-corrected chi connectivity index (χ2v) is 5.47. The molecule has 1 aliphatic heterocycles. The molecule has 106 valence electrons. The van der Waals surface area contributed by atoms with Gasteiger partial charge in [0, 0.05) is 30.7 Å². The molecule has 1 aliphatic rings. The highest BCUT2D eigenvalue weighted by molar-refractivity contribution is 8.18. The van der Waals surface area contributed by atoms with Gasteiger partial charge in [0.2, 0.25) is 0 Å². The third-order valence-electron chi connectivity index (χ3n) is 2.77. The number of amidine groups is 1. The monoisotopic (exact) mass is 312 g/mol. The van der Waals surface area contributed by atoms with Crippen LogP contribution in [0.2, 0.25) is 5.02 Å². The van der Waals surface area contributed by atoms with Crippen molar-refractivity contribution in [3.63, 3.8) is 0 Å². The number of likely N-dealkylation sites (N-methyl/N-ethyl adjacent to an activating group) is 1. The highest BCUT2D eigenvalue weighted by Crippen LogP contribution is 2.38. The minimum absolute atomic E-state index is 0.0534. The fraction of sp³-hybridized carbons (Fsp3) is 0.231. The molecule has 0 spiro atoms. The average molecular weight is 313 g/mol. The van der Waals surface area contributed by atoms with E-state index in [-0.39, 0.29) is 17.4 Å². The van der Waals surface area contributed by atoms with E-state index in [4.69, 9.17) is 16.3 Å². The molecule has 1 aromatic carbocycles. The Hall–Kier alpha value is -1.66. The standard InChI is InChI=1S/C13H13ClN2O3S/c1-15-13-16(2)12(18)10(20-13)5-7-4-8(14)6-9(19-3)11(7)17/h4-6,17H,1-3H3/b10-5-,15-13?. The smallest absolute Gasteiger partial charge is 0.266 e. The number of rotatable bonds is 2. The molecule has 7 heteroatoms. The van der Waals surface area contributed by atoms with E-state index in [1.807, 2.05) is 0 Å². The minimum atomic E-state index is -0.172. The Kier molecular flexibility index (Phi) is 4.25. The summed E-state index contributed by atoms with van der Waals surface area (Å²) in [5, 5.41) is 11.1. The number of carbonyl (C=O) groups is 1. The van der Waals surface area contributed by atoms with Crippen molar-refractivity contribution in [2.24, 2.45) is 4.99 Å². The second-order valence-electron chi connectivity index (χ2n) is 4.03. The number of hydrogen-bond donors (Lipinski definition) is 1. The van der Waals surface area contributed by atoms with Gasteiger partial charge in [-0.3, -0.25) is 14.7 Å². The molecule has 1 amide bonds.